The Morgan fingerprint density at radius 1 is 0.909 bits per heavy atom. The van der Waals surface area contributed by atoms with Crippen LogP contribution in [0.2, 0.25) is 0 Å². The van der Waals surface area contributed by atoms with Crippen LogP contribution in [0.25, 0.3) is 11.1 Å². The van der Waals surface area contributed by atoms with Gasteiger partial charge in [-0.2, -0.15) is 0 Å². The third-order valence-corrected chi connectivity index (χ3v) is 7.56. The normalized spacial score (nSPS) is 16.7. The van der Waals surface area contributed by atoms with Crippen molar-refractivity contribution in [1.82, 2.24) is 9.80 Å². The van der Waals surface area contributed by atoms with Crippen LogP contribution in [-0.2, 0) is 12.8 Å². The Kier molecular flexibility index (Phi) is 9.62. The highest BCUT2D eigenvalue weighted by Crippen LogP contribution is 2.28. The van der Waals surface area contributed by atoms with Crippen molar-refractivity contribution in [3.05, 3.63) is 70.9 Å². The largest absolute Gasteiger partial charge is 0.373 e. The van der Waals surface area contributed by atoms with Crippen molar-refractivity contribution in [3.8, 4) is 11.1 Å². The molecule has 0 radical (unpaired) electrons. The maximum atomic E-state index is 4.11. The molecular weight excluding hydrogens is 400 g/mol. The van der Waals surface area contributed by atoms with E-state index in [1.807, 2.05) is 0 Å². The number of piperazine rings is 1. The van der Waals surface area contributed by atoms with Gasteiger partial charge < -0.3 is 4.90 Å². The van der Waals surface area contributed by atoms with Crippen molar-refractivity contribution in [1.29, 1.82) is 0 Å². The first kappa shape index (κ1) is 25.6. The summed E-state index contributed by atoms with van der Waals surface area (Å²) in [6.45, 7) is 20.1. The molecule has 0 bridgehead atoms. The average molecular weight is 447 g/mol. The number of rotatable bonds is 7. The van der Waals surface area contributed by atoms with E-state index in [-0.39, 0.29) is 0 Å². The Morgan fingerprint density at radius 3 is 2.18 bits per heavy atom. The molecule has 1 saturated heterocycles. The molecule has 1 aliphatic heterocycles. The molecule has 2 nitrogen and oxygen atoms in total. The van der Waals surface area contributed by atoms with E-state index in [0.717, 1.165) is 18.9 Å². The second-order valence-corrected chi connectivity index (χ2v) is 9.93. The SMILES string of the molecule is C=C(CC)N1CCN(C2CCC2)CC1.CCCc1cc(-c2ccc(C)cc2C)ccc1CC. The molecule has 2 aromatic carbocycles. The molecule has 0 aromatic heterocycles. The average Bonchev–Trinajstić information content (AvgIpc) is 2.78. The van der Waals surface area contributed by atoms with E-state index in [0.29, 0.717) is 0 Å². The first-order valence-electron chi connectivity index (χ1n) is 13.3. The second kappa shape index (κ2) is 12.4. The maximum Gasteiger partial charge on any atom is 0.0303 e. The van der Waals surface area contributed by atoms with Crippen LogP contribution in [0.1, 0.15) is 75.1 Å². The number of aryl methyl sites for hydroxylation is 4. The van der Waals surface area contributed by atoms with Gasteiger partial charge in [-0.3, -0.25) is 4.90 Å². The quantitative estimate of drug-likeness (QED) is 0.433. The lowest BCUT2D eigenvalue weighted by atomic mass is 9.91. The molecule has 2 aliphatic rings. The number of allylic oxidation sites excluding steroid dienone is 1. The fraction of sp³-hybridized carbons (Fsp3) is 0.548. The molecule has 4 rings (SSSR count). The molecule has 0 amide bonds. The van der Waals surface area contributed by atoms with Gasteiger partial charge in [0, 0.05) is 37.9 Å². The molecule has 0 N–H and O–H groups in total. The van der Waals surface area contributed by atoms with Crippen molar-refractivity contribution in [3.63, 3.8) is 0 Å². The molecule has 33 heavy (non-hydrogen) atoms. The van der Waals surface area contributed by atoms with Gasteiger partial charge in [-0.1, -0.05) is 82.2 Å². The summed E-state index contributed by atoms with van der Waals surface area (Å²) >= 11 is 0. The van der Waals surface area contributed by atoms with Gasteiger partial charge in [0.2, 0.25) is 0 Å². The van der Waals surface area contributed by atoms with Crippen molar-refractivity contribution in [2.45, 2.75) is 85.6 Å². The predicted octanol–water partition coefficient (Wildman–Crippen LogP) is 7.57. The van der Waals surface area contributed by atoms with Crippen LogP contribution in [-0.4, -0.2) is 42.0 Å². The van der Waals surface area contributed by atoms with Gasteiger partial charge in [-0.25, -0.2) is 0 Å². The summed E-state index contributed by atoms with van der Waals surface area (Å²) in [5.41, 5.74) is 9.76. The number of hydrogen-bond donors (Lipinski definition) is 0. The number of nitrogens with zero attached hydrogens (tertiary/aromatic N) is 2. The maximum absolute atomic E-state index is 4.11. The Morgan fingerprint density at radius 2 is 1.64 bits per heavy atom. The Balaban J connectivity index is 0.000000194. The zero-order valence-electron chi connectivity index (χ0n) is 21.9. The van der Waals surface area contributed by atoms with Crippen molar-refractivity contribution in [2.75, 3.05) is 26.2 Å². The first-order valence-corrected chi connectivity index (χ1v) is 13.3. The lowest BCUT2D eigenvalue weighted by Gasteiger charge is -2.44. The summed E-state index contributed by atoms with van der Waals surface area (Å²) in [7, 11) is 0. The number of benzene rings is 2. The highest BCUT2D eigenvalue weighted by molar-refractivity contribution is 5.68. The van der Waals surface area contributed by atoms with Crippen LogP contribution in [0.15, 0.2) is 48.7 Å². The summed E-state index contributed by atoms with van der Waals surface area (Å²) in [5, 5.41) is 0. The fourth-order valence-electron chi connectivity index (χ4n) is 5.16. The predicted molar refractivity (Wildman–Crippen MR) is 145 cm³/mol. The Hall–Kier alpha value is -2.06. The highest BCUT2D eigenvalue weighted by Gasteiger charge is 2.27. The summed E-state index contributed by atoms with van der Waals surface area (Å²) in [6, 6.07) is 14.6. The van der Waals surface area contributed by atoms with Crippen LogP contribution >= 0.6 is 0 Å². The van der Waals surface area contributed by atoms with E-state index in [2.05, 4.69) is 87.4 Å². The van der Waals surface area contributed by atoms with Gasteiger partial charge in [0.15, 0.2) is 0 Å². The lowest BCUT2D eigenvalue weighted by Crippen LogP contribution is -2.51. The minimum atomic E-state index is 0.923. The van der Waals surface area contributed by atoms with Crippen LogP contribution in [0.4, 0.5) is 0 Å². The van der Waals surface area contributed by atoms with Gasteiger partial charge in [0.25, 0.3) is 0 Å². The van der Waals surface area contributed by atoms with E-state index in [9.17, 15) is 0 Å². The highest BCUT2D eigenvalue weighted by atomic mass is 15.3. The van der Waals surface area contributed by atoms with E-state index >= 15 is 0 Å². The van der Waals surface area contributed by atoms with Gasteiger partial charge in [0.05, 0.1) is 0 Å². The topological polar surface area (TPSA) is 6.48 Å². The van der Waals surface area contributed by atoms with E-state index in [1.165, 1.54) is 97.4 Å². The van der Waals surface area contributed by atoms with Crippen LogP contribution < -0.4 is 0 Å². The molecule has 1 saturated carbocycles. The van der Waals surface area contributed by atoms with Crippen LogP contribution in [0.5, 0.6) is 0 Å². The van der Waals surface area contributed by atoms with E-state index < -0.39 is 0 Å². The monoisotopic (exact) mass is 446 g/mol. The Bertz CT molecular complexity index is 901. The number of hydrogen-bond acceptors (Lipinski definition) is 2. The van der Waals surface area contributed by atoms with Gasteiger partial charge in [0.1, 0.15) is 0 Å². The summed E-state index contributed by atoms with van der Waals surface area (Å²) in [4.78, 5) is 5.12. The van der Waals surface area contributed by atoms with E-state index in [1.54, 1.807) is 0 Å². The molecule has 1 aliphatic carbocycles. The van der Waals surface area contributed by atoms with E-state index in [4.69, 9.17) is 0 Å². The van der Waals surface area contributed by atoms with Crippen molar-refractivity contribution >= 4 is 0 Å². The summed E-state index contributed by atoms with van der Waals surface area (Å²) in [6.07, 6.45) is 8.95. The third kappa shape index (κ3) is 6.73. The second-order valence-electron chi connectivity index (χ2n) is 9.93. The van der Waals surface area contributed by atoms with Gasteiger partial charge >= 0.3 is 0 Å². The minimum absolute atomic E-state index is 0.923. The molecule has 0 spiro atoms. The molecule has 2 fully saturated rings. The molecule has 0 unspecified atom stereocenters. The summed E-state index contributed by atoms with van der Waals surface area (Å²) < 4.78 is 0. The standard InChI is InChI=1S/C19H24.C12H22N2/c1-5-7-17-13-18(10-9-16(17)6-2)19-11-8-14(3)12-15(19)4;1-3-11(2)13-7-9-14(10-8-13)12-5-4-6-12/h8-13H,5-7H2,1-4H3;12H,2-10H2,1H3. The molecule has 1 heterocycles. The molecule has 180 valence electrons. The van der Waals surface area contributed by atoms with Gasteiger partial charge in [-0.05, 0) is 73.8 Å². The zero-order chi connectivity index (χ0) is 23.8. The minimum Gasteiger partial charge on any atom is -0.373 e. The summed E-state index contributed by atoms with van der Waals surface area (Å²) in [5.74, 6) is 0. The third-order valence-electron chi connectivity index (χ3n) is 7.56. The molecule has 2 aromatic rings. The lowest BCUT2D eigenvalue weighted by molar-refractivity contribution is 0.0738. The van der Waals surface area contributed by atoms with Crippen LogP contribution in [0, 0.1) is 13.8 Å². The van der Waals surface area contributed by atoms with Gasteiger partial charge in [-0.15, -0.1) is 0 Å². The fourth-order valence-corrected chi connectivity index (χ4v) is 5.16. The smallest absolute Gasteiger partial charge is 0.0303 e. The van der Waals surface area contributed by atoms with Crippen molar-refractivity contribution < 1.29 is 0 Å². The zero-order valence-corrected chi connectivity index (χ0v) is 21.9. The Labute approximate surface area is 203 Å². The molecule has 2 heteroatoms. The first-order chi connectivity index (χ1) is 16.0. The van der Waals surface area contributed by atoms with Crippen molar-refractivity contribution in [2.24, 2.45) is 0 Å². The van der Waals surface area contributed by atoms with Crippen LogP contribution in [0.3, 0.4) is 0 Å². The molecule has 0 atom stereocenters. The molecular formula is C31H46N2.